The summed E-state index contributed by atoms with van der Waals surface area (Å²) in [4.78, 5) is 0.804. The van der Waals surface area contributed by atoms with Crippen LogP contribution in [0.4, 0.5) is 26.3 Å². The molecule has 0 saturated heterocycles. The Morgan fingerprint density at radius 1 is 0.846 bits per heavy atom. The molecule has 1 nitrogen and oxygen atoms in total. The zero-order chi connectivity index (χ0) is 28.3. The van der Waals surface area contributed by atoms with Gasteiger partial charge in [-0.15, -0.1) is 17.9 Å². The molecule has 204 valence electrons. The number of benzene rings is 2. The second kappa shape index (κ2) is 9.55. The molecule has 0 saturated carbocycles. The van der Waals surface area contributed by atoms with Crippen LogP contribution < -0.4 is 4.74 Å². The van der Waals surface area contributed by atoms with E-state index in [0.29, 0.717) is 15.1 Å². The van der Waals surface area contributed by atoms with Gasteiger partial charge in [0.1, 0.15) is 0 Å². The smallest absolute Gasteiger partial charge is 0.380 e. The average molecular weight is 579 g/mol. The maximum Gasteiger partial charge on any atom is 0.380 e. The molecule has 0 fully saturated rings. The van der Waals surface area contributed by atoms with Crippen molar-refractivity contribution < 1.29 is 31.1 Å². The van der Waals surface area contributed by atoms with E-state index in [1.165, 1.54) is 27.0 Å². The highest BCUT2D eigenvalue weighted by Crippen LogP contribution is 2.67. The lowest BCUT2D eigenvalue weighted by atomic mass is 9.91. The van der Waals surface area contributed by atoms with Gasteiger partial charge in [-0.2, -0.15) is 26.3 Å². The summed E-state index contributed by atoms with van der Waals surface area (Å²) < 4.78 is 98.5. The van der Waals surface area contributed by atoms with Gasteiger partial charge in [0, 0.05) is 36.5 Å². The maximum absolute atomic E-state index is 15.7. The number of allylic oxidation sites excluding steroid dienone is 3. The first-order valence-electron chi connectivity index (χ1n) is 12.1. The van der Waals surface area contributed by atoms with Crippen molar-refractivity contribution in [3.8, 4) is 15.5 Å². The van der Waals surface area contributed by atoms with Gasteiger partial charge in [0.05, 0.1) is 12.7 Å². The Kier molecular flexibility index (Phi) is 6.74. The van der Waals surface area contributed by atoms with E-state index in [1.807, 2.05) is 24.3 Å². The molecular formula is C30H24F6OS2. The molecule has 0 radical (unpaired) electrons. The Morgan fingerprint density at radius 3 is 2.08 bits per heavy atom. The van der Waals surface area contributed by atoms with Gasteiger partial charge in [0.25, 0.3) is 0 Å². The van der Waals surface area contributed by atoms with Crippen molar-refractivity contribution in [2.24, 2.45) is 0 Å². The van der Waals surface area contributed by atoms with Gasteiger partial charge in [-0.25, -0.2) is 0 Å². The fourth-order valence-electron chi connectivity index (χ4n) is 5.18. The summed E-state index contributed by atoms with van der Waals surface area (Å²) in [5.74, 6) is -15.9. The van der Waals surface area contributed by atoms with Gasteiger partial charge in [-0.05, 0) is 49.4 Å². The van der Waals surface area contributed by atoms with Gasteiger partial charge in [0.15, 0.2) is 5.06 Å². The van der Waals surface area contributed by atoms with Crippen molar-refractivity contribution in [3.63, 3.8) is 0 Å². The number of halogens is 6. The van der Waals surface area contributed by atoms with Gasteiger partial charge in [-0.3, -0.25) is 0 Å². The quantitative estimate of drug-likeness (QED) is 0.157. The highest BCUT2D eigenvalue weighted by atomic mass is 32.1. The Morgan fingerprint density at radius 2 is 1.46 bits per heavy atom. The molecule has 2 aromatic carbocycles. The Bertz CT molecular complexity index is 1610. The van der Waals surface area contributed by atoms with Crippen LogP contribution in [0.3, 0.4) is 0 Å². The Balaban J connectivity index is 1.80. The first kappa shape index (κ1) is 27.5. The minimum atomic E-state index is -5.65. The standard InChI is InChI=1S/C30H24F6OS2/c1-5-6-9-18-12-14-19(15-13-18)26-16(2)22(17(3)38-26)24-25(29(33,34)30(35,36)28(24,31)32)23-20-10-7-8-11-21(20)39-27(23)37-4/h5,7-8,10-15H,1,6,9H2,2-4H3. The molecule has 0 N–H and O–H groups in total. The summed E-state index contributed by atoms with van der Waals surface area (Å²) in [7, 11) is 1.20. The second-order valence-electron chi connectivity index (χ2n) is 9.45. The SMILES string of the molecule is C=CCCc1ccc(-c2sc(C)c(C3=C(c4c(OC)sc5ccccc45)C(F)(F)C(F)(F)C3(F)F)c2C)cc1. The van der Waals surface area contributed by atoms with Crippen LogP contribution in [0, 0.1) is 13.8 Å². The van der Waals surface area contributed by atoms with Crippen LogP contribution in [0.1, 0.15) is 33.6 Å². The summed E-state index contributed by atoms with van der Waals surface area (Å²) in [5, 5.41) is 0.0265. The van der Waals surface area contributed by atoms with Crippen molar-refractivity contribution in [1.29, 1.82) is 0 Å². The molecule has 1 aliphatic carbocycles. The Labute approximate surface area is 230 Å². The van der Waals surface area contributed by atoms with Crippen LogP contribution in [-0.4, -0.2) is 24.9 Å². The van der Waals surface area contributed by atoms with Gasteiger partial charge >= 0.3 is 17.8 Å². The van der Waals surface area contributed by atoms with E-state index in [1.54, 1.807) is 24.3 Å². The summed E-state index contributed by atoms with van der Waals surface area (Å²) in [6.45, 7) is 6.71. The molecule has 9 heteroatoms. The fraction of sp³-hybridized carbons (Fsp3) is 0.267. The van der Waals surface area contributed by atoms with Crippen LogP contribution >= 0.6 is 22.7 Å². The van der Waals surface area contributed by atoms with E-state index < -0.39 is 34.5 Å². The number of thiophene rings is 2. The molecule has 0 bridgehead atoms. The highest BCUT2D eigenvalue weighted by Gasteiger charge is 2.80. The largest absolute Gasteiger partial charge is 0.487 e. The van der Waals surface area contributed by atoms with Crippen molar-refractivity contribution >= 4 is 43.9 Å². The summed E-state index contributed by atoms with van der Waals surface area (Å²) >= 11 is 2.06. The van der Waals surface area contributed by atoms with Crippen molar-refractivity contribution in [2.45, 2.75) is 44.5 Å². The molecule has 0 atom stereocenters. The topological polar surface area (TPSA) is 9.23 Å². The van der Waals surface area contributed by atoms with Crippen LogP contribution in [0.2, 0.25) is 0 Å². The van der Waals surface area contributed by atoms with E-state index in [4.69, 9.17) is 4.74 Å². The first-order chi connectivity index (χ1) is 18.4. The molecule has 2 aromatic heterocycles. The second-order valence-corrected chi connectivity index (χ2v) is 11.7. The van der Waals surface area contributed by atoms with Gasteiger partial charge < -0.3 is 4.74 Å². The van der Waals surface area contributed by atoms with Crippen molar-refractivity contribution in [3.05, 3.63) is 88.3 Å². The average Bonchev–Trinajstić information content (AvgIpc) is 3.44. The lowest BCUT2D eigenvalue weighted by molar-refractivity contribution is -0.254. The zero-order valence-corrected chi connectivity index (χ0v) is 22.9. The monoisotopic (exact) mass is 578 g/mol. The fourth-order valence-corrected chi connectivity index (χ4v) is 7.38. The van der Waals surface area contributed by atoms with Crippen LogP contribution in [0.25, 0.3) is 31.7 Å². The molecule has 39 heavy (non-hydrogen) atoms. The number of methoxy groups -OCH3 is 1. The lowest BCUT2D eigenvalue weighted by Crippen LogP contribution is -2.49. The van der Waals surface area contributed by atoms with Crippen LogP contribution in [0.5, 0.6) is 5.06 Å². The minimum absolute atomic E-state index is 0.127. The summed E-state index contributed by atoms with van der Waals surface area (Å²) in [6.07, 6.45) is 3.37. The molecule has 1 aliphatic rings. The third kappa shape index (κ3) is 3.96. The number of alkyl halides is 6. The highest BCUT2D eigenvalue weighted by molar-refractivity contribution is 7.21. The van der Waals surface area contributed by atoms with Crippen molar-refractivity contribution in [1.82, 2.24) is 0 Å². The van der Waals surface area contributed by atoms with E-state index in [-0.39, 0.29) is 26.5 Å². The lowest BCUT2D eigenvalue weighted by Gasteiger charge is -2.26. The number of aryl methyl sites for hydroxylation is 2. The Hall–Kier alpha value is -3.04. The number of ether oxygens (including phenoxy) is 1. The van der Waals surface area contributed by atoms with E-state index >= 15 is 26.3 Å². The third-order valence-corrected chi connectivity index (χ3v) is 9.48. The predicted molar refractivity (Wildman–Crippen MR) is 148 cm³/mol. The third-order valence-electron chi connectivity index (χ3n) is 7.09. The van der Waals surface area contributed by atoms with E-state index in [9.17, 15) is 0 Å². The molecular weight excluding hydrogens is 554 g/mol. The molecule has 2 heterocycles. The maximum atomic E-state index is 15.7. The van der Waals surface area contributed by atoms with E-state index in [0.717, 1.165) is 41.1 Å². The van der Waals surface area contributed by atoms with Gasteiger partial charge in [0.2, 0.25) is 0 Å². The zero-order valence-electron chi connectivity index (χ0n) is 21.3. The summed E-state index contributed by atoms with van der Waals surface area (Å²) in [6, 6.07) is 13.7. The van der Waals surface area contributed by atoms with Crippen molar-refractivity contribution in [2.75, 3.05) is 7.11 Å². The molecule has 0 aliphatic heterocycles. The molecule has 5 rings (SSSR count). The van der Waals surface area contributed by atoms with E-state index in [2.05, 4.69) is 6.58 Å². The summed E-state index contributed by atoms with van der Waals surface area (Å²) in [5.41, 5.74) is -1.45. The predicted octanol–water partition coefficient (Wildman–Crippen LogP) is 10.2. The normalized spacial score (nSPS) is 17.7. The van der Waals surface area contributed by atoms with Crippen LogP contribution in [0.15, 0.2) is 61.2 Å². The number of rotatable bonds is 7. The number of hydrogen-bond donors (Lipinski definition) is 0. The first-order valence-corrected chi connectivity index (χ1v) is 13.8. The molecule has 4 aromatic rings. The van der Waals surface area contributed by atoms with Crippen LogP contribution in [-0.2, 0) is 6.42 Å². The molecule has 0 amide bonds. The van der Waals surface area contributed by atoms with Gasteiger partial charge in [-0.1, -0.05) is 59.9 Å². The number of fused-ring (bicyclic) bond motifs is 1. The molecule has 0 spiro atoms. The number of hydrogen-bond acceptors (Lipinski definition) is 3. The molecule has 0 unspecified atom stereocenters. The minimum Gasteiger partial charge on any atom is -0.487 e.